The van der Waals surface area contributed by atoms with Crippen LogP contribution in [0.25, 0.3) is 0 Å². The van der Waals surface area contributed by atoms with E-state index in [2.05, 4.69) is 13.8 Å². The third-order valence-electron chi connectivity index (χ3n) is 1.24. The molecule has 0 aromatic heterocycles. The first-order valence-corrected chi connectivity index (χ1v) is 8.36. The molecule has 13 heavy (non-hydrogen) atoms. The van der Waals surface area contributed by atoms with Gasteiger partial charge in [0.25, 0.3) is 0 Å². The summed E-state index contributed by atoms with van der Waals surface area (Å²) in [4.78, 5) is 9.49. The predicted molar refractivity (Wildman–Crippen MR) is 67.3 cm³/mol. The largest absolute Gasteiger partial charge is 0.337 e. The third kappa shape index (κ3) is 11.1. The zero-order chi connectivity index (χ0) is 9.61. The summed E-state index contributed by atoms with van der Waals surface area (Å²) in [7, 11) is 0. The highest BCUT2D eigenvalue weighted by molar-refractivity contribution is 8.67. The van der Waals surface area contributed by atoms with E-state index in [0.717, 1.165) is 12.2 Å². The molecule has 1 atom stereocenters. The highest BCUT2D eigenvalue weighted by Gasteiger charge is 2.12. The highest BCUT2D eigenvalue weighted by atomic mass is 35.5. The molecule has 0 aliphatic rings. The lowest BCUT2D eigenvalue weighted by Gasteiger charge is -2.13. The van der Waals surface area contributed by atoms with Crippen LogP contribution in [-0.2, 0) is 16.3 Å². The standard InChI is InChI=1S/C7H17O2PS2.ClH/c1-4-9-10(8,11)12-6-5-7(2)3;/h7H,4-6H2,1-3H3,(H,8,11);1H. The highest BCUT2D eigenvalue weighted by Crippen LogP contribution is 2.56. The molecule has 82 valence electrons. The van der Waals surface area contributed by atoms with E-state index in [1.165, 1.54) is 11.4 Å². The van der Waals surface area contributed by atoms with Crippen molar-refractivity contribution in [2.75, 3.05) is 12.4 Å². The maximum atomic E-state index is 9.49. The lowest BCUT2D eigenvalue weighted by atomic mass is 10.2. The number of hydrogen-bond acceptors (Lipinski definition) is 3. The summed E-state index contributed by atoms with van der Waals surface area (Å²) in [5.41, 5.74) is -2.50. The minimum Gasteiger partial charge on any atom is -0.337 e. The molecule has 0 aliphatic heterocycles. The summed E-state index contributed by atoms with van der Waals surface area (Å²) in [5, 5.41) is 0. The Kier molecular flexibility index (Phi) is 10.9. The summed E-state index contributed by atoms with van der Waals surface area (Å²) < 4.78 is 5.06. The van der Waals surface area contributed by atoms with Crippen LogP contribution in [0.5, 0.6) is 0 Å². The van der Waals surface area contributed by atoms with E-state index >= 15 is 0 Å². The van der Waals surface area contributed by atoms with Gasteiger partial charge in [0, 0.05) is 5.75 Å². The van der Waals surface area contributed by atoms with Crippen molar-refractivity contribution in [3.63, 3.8) is 0 Å². The molecule has 0 heterocycles. The molecule has 0 saturated carbocycles. The number of halogens is 1. The van der Waals surface area contributed by atoms with Crippen LogP contribution in [0.4, 0.5) is 0 Å². The predicted octanol–water partition coefficient (Wildman–Crippen LogP) is 3.44. The van der Waals surface area contributed by atoms with Crippen LogP contribution in [0.3, 0.4) is 0 Å². The van der Waals surface area contributed by atoms with Gasteiger partial charge in [-0.2, -0.15) is 0 Å². The molecular weight excluding hydrogens is 247 g/mol. The fourth-order valence-corrected chi connectivity index (χ4v) is 4.35. The minimum absolute atomic E-state index is 0. The summed E-state index contributed by atoms with van der Waals surface area (Å²) in [5.74, 6) is 1.56. The van der Waals surface area contributed by atoms with Gasteiger partial charge in [0.1, 0.15) is 0 Å². The van der Waals surface area contributed by atoms with Crippen LogP contribution in [-0.4, -0.2) is 17.3 Å². The van der Waals surface area contributed by atoms with Crippen molar-refractivity contribution >= 4 is 41.3 Å². The van der Waals surface area contributed by atoms with Crippen molar-refractivity contribution in [2.45, 2.75) is 27.2 Å². The van der Waals surface area contributed by atoms with Gasteiger partial charge < -0.3 is 9.42 Å². The monoisotopic (exact) mass is 264 g/mol. The molecule has 0 aromatic rings. The minimum atomic E-state index is -2.50. The molecule has 0 radical (unpaired) electrons. The summed E-state index contributed by atoms with van der Waals surface area (Å²) >= 11 is 6.29. The molecule has 0 rings (SSSR count). The van der Waals surface area contributed by atoms with Crippen LogP contribution < -0.4 is 0 Å². The molecule has 0 aromatic carbocycles. The van der Waals surface area contributed by atoms with Crippen LogP contribution in [0.2, 0.25) is 0 Å². The first kappa shape index (κ1) is 16.6. The molecule has 0 saturated heterocycles. The van der Waals surface area contributed by atoms with Crippen molar-refractivity contribution < 1.29 is 9.42 Å². The SMILES string of the molecule is CCOP(O)(=S)SCCC(C)C.Cl. The molecule has 0 amide bonds. The number of hydrogen-bond donors (Lipinski definition) is 1. The van der Waals surface area contributed by atoms with Crippen molar-refractivity contribution in [3.05, 3.63) is 0 Å². The summed E-state index contributed by atoms with van der Waals surface area (Å²) in [6.07, 6.45) is 1.08. The Balaban J connectivity index is 0. The second-order valence-corrected chi connectivity index (χ2v) is 9.20. The molecule has 0 fully saturated rings. The Morgan fingerprint density at radius 1 is 1.54 bits per heavy atom. The van der Waals surface area contributed by atoms with Gasteiger partial charge >= 0.3 is 0 Å². The Labute approximate surface area is 96.2 Å². The molecule has 1 N–H and O–H groups in total. The van der Waals surface area contributed by atoms with E-state index < -0.39 is 5.69 Å². The lowest BCUT2D eigenvalue weighted by Crippen LogP contribution is -1.91. The van der Waals surface area contributed by atoms with Crippen LogP contribution in [0, 0.1) is 5.92 Å². The van der Waals surface area contributed by atoms with Gasteiger partial charge in [-0.25, -0.2) is 0 Å². The van der Waals surface area contributed by atoms with Crippen molar-refractivity contribution in [3.8, 4) is 0 Å². The topological polar surface area (TPSA) is 29.5 Å². The maximum Gasteiger partial charge on any atom is 0.244 e. The van der Waals surface area contributed by atoms with Gasteiger partial charge in [-0.15, -0.1) is 12.4 Å². The van der Waals surface area contributed by atoms with Crippen LogP contribution in [0.15, 0.2) is 0 Å². The van der Waals surface area contributed by atoms with Crippen LogP contribution in [0.1, 0.15) is 27.2 Å². The van der Waals surface area contributed by atoms with E-state index in [-0.39, 0.29) is 12.4 Å². The lowest BCUT2D eigenvalue weighted by molar-refractivity contribution is 0.340. The van der Waals surface area contributed by atoms with Crippen molar-refractivity contribution in [2.24, 2.45) is 5.92 Å². The van der Waals surface area contributed by atoms with Gasteiger partial charge in [0.2, 0.25) is 5.69 Å². The quantitative estimate of drug-likeness (QED) is 0.745. The molecule has 0 spiro atoms. The van der Waals surface area contributed by atoms with Crippen molar-refractivity contribution in [1.29, 1.82) is 0 Å². The second kappa shape index (κ2) is 8.51. The fourth-order valence-electron chi connectivity index (χ4n) is 0.604. The third-order valence-corrected chi connectivity index (χ3v) is 5.68. The van der Waals surface area contributed by atoms with E-state index in [4.69, 9.17) is 16.3 Å². The Morgan fingerprint density at radius 3 is 2.46 bits per heavy atom. The summed E-state index contributed by atoms with van der Waals surface area (Å²) in [6.45, 7) is 6.66. The second-order valence-electron chi connectivity index (χ2n) is 2.90. The van der Waals surface area contributed by atoms with E-state index in [0.29, 0.717) is 12.5 Å². The smallest absolute Gasteiger partial charge is 0.244 e. The van der Waals surface area contributed by atoms with Crippen molar-refractivity contribution in [1.82, 2.24) is 0 Å². The average molecular weight is 265 g/mol. The average Bonchev–Trinajstić information content (AvgIpc) is 1.85. The van der Waals surface area contributed by atoms with E-state index in [9.17, 15) is 4.89 Å². The normalized spacial score (nSPS) is 15.2. The van der Waals surface area contributed by atoms with Gasteiger partial charge in [-0.3, -0.25) is 0 Å². The first-order valence-electron chi connectivity index (χ1n) is 4.10. The van der Waals surface area contributed by atoms with Gasteiger partial charge in [0.05, 0.1) is 6.61 Å². The molecular formula is C7H18ClO2PS2. The molecule has 1 unspecified atom stereocenters. The zero-order valence-electron chi connectivity index (χ0n) is 8.23. The van der Waals surface area contributed by atoms with Gasteiger partial charge in [-0.05, 0) is 31.1 Å². The van der Waals surface area contributed by atoms with E-state index in [1.54, 1.807) is 0 Å². The first-order chi connectivity index (χ1) is 5.48. The Hall–Kier alpha value is 1.21. The summed E-state index contributed by atoms with van der Waals surface area (Å²) in [6, 6.07) is 0. The molecule has 6 heteroatoms. The molecule has 0 bridgehead atoms. The van der Waals surface area contributed by atoms with Crippen LogP contribution >= 0.6 is 29.5 Å². The van der Waals surface area contributed by atoms with E-state index in [1.807, 2.05) is 6.92 Å². The molecule has 0 aliphatic carbocycles. The Bertz CT molecular complexity index is 167. The number of rotatable bonds is 6. The van der Waals surface area contributed by atoms with Gasteiger partial charge in [0.15, 0.2) is 0 Å². The Morgan fingerprint density at radius 2 is 2.08 bits per heavy atom. The maximum absolute atomic E-state index is 9.49. The van der Waals surface area contributed by atoms with Gasteiger partial charge in [-0.1, -0.05) is 25.2 Å². The fraction of sp³-hybridized carbons (Fsp3) is 1.00. The zero-order valence-corrected chi connectivity index (χ0v) is 11.6. The molecule has 2 nitrogen and oxygen atoms in total.